The van der Waals surface area contributed by atoms with E-state index in [9.17, 15) is 4.79 Å². The van der Waals surface area contributed by atoms with Crippen LogP contribution in [0.2, 0.25) is 10.0 Å². The zero-order chi connectivity index (χ0) is 19.0. The summed E-state index contributed by atoms with van der Waals surface area (Å²) in [6.45, 7) is 7.53. The molecule has 2 heterocycles. The molecule has 3 aromatic rings. The molecule has 2 aromatic heterocycles. The van der Waals surface area contributed by atoms with Gasteiger partial charge in [0.15, 0.2) is 0 Å². The summed E-state index contributed by atoms with van der Waals surface area (Å²) < 4.78 is 6.41. The number of nitrogens with one attached hydrogen (secondary N) is 1. The molecule has 0 bridgehead atoms. The Morgan fingerprint density at radius 3 is 2.58 bits per heavy atom. The SMILES string of the molecule is Cc1ccc(-n2ncc(NC(C)c3c(C)noc3C)c(Cl)c2=O)cc1Cl. The molecule has 6 nitrogen and oxygen atoms in total. The third-order valence-corrected chi connectivity index (χ3v) is 4.98. The molecule has 0 fully saturated rings. The highest BCUT2D eigenvalue weighted by Crippen LogP contribution is 2.27. The maximum absolute atomic E-state index is 12.6. The first-order chi connectivity index (χ1) is 12.3. The first-order valence-corrected chi connectivity index (χ1v) is 8.79. The van der Waals surface area contributed by atoms with Crippen molar-refractivity contribution in [3.05, 3.63) is 67.4 Å². The third-order valence-electron chi connectivity index (χ3n) is 4.21. The second-order valence-corrected chi connectivity index (χ2v) is 6.91. The van der Waals surface area contributed by atoms with Crippen molar-refractivity contribution in [1.29, 1.82) is 0 Å². The van der Waals surface area contributed by atoms with Crippen molar-refractivity contribution >= 4 is 28.9 Å². The Hall–Kier alpha value is -2.31. The number of anilines is 1. The zero-order valence-electron chi connectivity index (χ0n) is 14.8. The van der Waals surface area contributed by atoms with Crippen LogP contribution in [0, 0.1) is 20.8 Å². The van der Waals surface area contributed by atoms with Crippen molar-refractivity contribution in [1.82, 2.24) is 14.9 Å². The van der Waals surface area contributed by atoms with Gasteiger partial charge in [0, 0.05) is 10.6 Å². The van der Waals surface area contributed by atoms with Crippen molar-refractivity contribution in [2.75, 3.05) is 5.32 Å². The molecule has 0 aliphatic rings. The van der Waals surface area contributed by atoms with E-state index in [0.29, 0.717) is 22.2 Å². The highest BCUT2D eigenvalue weighted by Gasteiger charge is 2.19. The highest BCUT2D eigenvalue weighted by atomic mass is 35.5. The fraction of sp³-hybridized carbons (Fsp3) is 0.278. The lowest BCUT2D eigenvalue weighted by molar-refractivity contribution is 0.392. The lowest BCUT2D eigenvalue weighted by Gasteiger charge is -2.16. The molecular formula is C18H18Cl2N4O2. The van der Waals surface area contributed by atoms with Gasteiger partial charge in [0.25, 0.3) is 5.56 Å². The van der Waals surface area contributed by atoms with E-state index < -0.39 is 5.56 Å². The van der Waals surface area contributed by atoms with Gasteiger partial charge in [0.1, 0.15) is 10.8 Å². The smallest absolute Gasteiger partial charge is 0.292 e. The van der Waals surface area contributed by atoms with Gasteiger partial charge in [0.05, 0.1) is 29.3 Å². The lowest BCUT2D eigenvalue weighted by Crippen LogP contribution is -2.23. The predicted molar refractivity (Wildman–Crippen MR) is 103 cm³/mol. The van der Waals surface area contributed by atoms with Crippen LogP contribution in [-0.4, -0.2) is 14.9 Å². The Kier molecular flexibility index (Phi) is 5.07. The first-order valence-electron chi connectivity index (χ1n) is 8.03. The molecule has 1 unspecified atom stereocenters. The summed E-state index contributed by atoms with van der Waals surface area (Å²) in [4.78, 5) is 12.6. The molecule has 1 N–H and O–H groups in total. The van der Waals surface area contributed by atoms with E-state index in [1.807, 2.05) is 33.8 Å². The summed E-state index contributed by atoms with van der Waals surface area (Å²) in [6.07, 6.45) is 1.52. The summed E-state index contributed by atoms with van der Waals surface area (Å²) in [5, 5.41) is 12.0. The minimum absolute atomic E-state index is 0.0512. The standard InChI is InChI=1S/C18H18Cl2N4O2/c1-9-5-6-13(7-14(9)19)24-18(25)17(20)15(8-21-24)22-10(2)16-11(3)23-26-12(16)4/h5-8,10,22H,1-4H3. The summed E-state index contributed by atoms with van der Waals surface area (Å²) >= 11 is 12.4. The average Bonchev–Trinajstić information content (AvgIpc) is 2.93. The van der Waals surface area contributed by atoms with Gasteiger partial charge in [-0.1, -0.05) is 34.4 Å². The Bertz CT molecular complexity index is 1010. The molecule has 1 atom stereocenters. The summed E-state index contributed by atoms with van der Waals surface area (Å²) in [5.41, 5.74) is 3.20. The van der Waals surface area contributed by atoms with Crippen molar-refractivity contribution < 1.29 is 4.52 Å². The van der Waals surface area contributed by atoms with Crippen LogP contribution in [-0.2, 0) is 0 Å². The van der Waals surface area contributed by atoms with E-state index in [2.05, 4.69) is 15.6 Å². The number of nitrogens with zero attached hydrogens (tertiary/aromatic N) is 3. The minimum Gasteiger partial charge on any atom is -0.376 e. The molecule has 0 amide bonds. The predicted octanol–water partition coefficient (Wildman–Crippen LogP) is 4.63. The van der Waals surface area contributed by atoms with Gasteiger partial charge in [-0.15, -0.1) is 0 Å². The second kappa shape index (κ2) is 7.13. The van der Waals surface area contributed by atoms with Crippen LogP contribution in [0.5, 0.6) is 0 Å². The molecule has 3 rings (SSSR count). The molecule has 0 radical (unpaired) electrons. The highest BCUT2D eigenvalue weighted by molar-refractivity contribution is 6.33. The first kappa shape index (κ1) is 18.5. The van der Waals surface area contributed by atoms with E-state index in [0.717, 1.165) is 16.8 Å². The van der Waals surface area contributed by atoms with Gasteiger partial charge >= 0.3 is 0 Å². The van der Waals surface area contributed by atoms with Crippen molar-refractivity contribution in [2.45, 2.75) is 33.7 Å². The molecule has 8 heteroatoms. The quantitative estimate of drug-likeness (QED) is 0.700. The monoisotopic (exact) mass is 392 g/mol. The fourth-order valence-corrected chi connectivity index (χ4v) is 3.20. The molecule has 0 spiro atoms. The largest absolute Gasteiger partial charge is 0.376 e. The Morgan fingerprint density at radius 2 is 1.96 bits per heavy atom. The molecule has 0 aliphatic carbocycles. The van der Waals surface area contributed by atoms with Gasteiger partial charge in [-0.2, -0.15) is 9.78 Å². The lowest BCUT2D eigenvalue weighted by atomic mass is 10.1. The molecule has 26 heavy (non-hydrogen) atoms. The third kappa shape index (κ3) is 3.34. The van der Waals surface area contributed by atoms with Crippen molar-refractivity contribution in [3.8, 4) is 5.69 Å². The number of aryl methyl sites for hydroxylation is 3. The number of hydrogen-bond donors (Lipinski definition) is 1. The van der Waals surface area contributed by atoms with Crippen LogP contribution in [0.1, 0.15) is 35.5 Å². The van der Waals surface area contributed by atoms with Gasteiger partial charge in [-0.25, -0.2) is 0 Å². The fourth-order valence-electron chi connectivity index (χ4n) is 2.84. The minimum atomic E-state index is -0.428. The van der Waals surface area contributed by atoms with Crippen LogP contribution < -0.4 is 10.9 Å². The molecule has 0 saturated heterocycles. The van der Waals surface area contributed by atoms with Crippen LogP contribution in [0.3, 0.4) is 0 Å². The van der Waals surface area contributed by atoms with Gasteiger partial charge in [0.2, 0.25) is 0 Å². The van der Waals surface area contributed by atoms with Crippen molar-refractivity contribution in [3.63, 3.8) is 0 Å². The van der Waals surface area contributed by atoms with Crippen LogP contribution in [0.25, 0.3) is 5.69 Å². The molecular weight excluding hydrogens is 375 g/mol. The van der Waals surface area contributed by atoms with Gasteiger partial charge in [-0.05, 0) is 45.4 Å². The number of rotatable bonds is 4. The van der Waals surface area contributed by atoms with Crippen molar-refractivity contribution in [2.24, 2.45) is 0 Å². The number of hydrogen-bond acceptors (Lipinski definition) is 5. The second-order valence-electron chi connectivity index (χ2n) is 6.13. The van der Waals surface area contributed by atoms with Gasteiger partial charge in [-0.3, -0.25) is 4.79 Å². The summed E-state index contributed by atoms with van der Waals surface area (Å²) in [5.74, 6) is 0.717. The molecule has 0 aliphatic heterocycles. The molecule has 1 aromatic carbocycles. The molecule has 136 valence electrons. The maximum Gasteiger partial charge on any atom is 0.292 e. The summed E-state index contributed by atoms with van der Waals surface area (Å²) in [6, 6.07) is 5.13. The summed E-state index contributed by atoms with van der Waals surface area (Å²) in [7, 11) is 0. The number of aromatic nitrogens is 3. The van der Waals surface area contributed by atoms with E-state index >= 15 is 0 Å². The van der Waals surface area contributed by atoms with E-state index in [-0.39, 0.29) is 11.1 Å². The number of benzene rings is 1. The van der Waals surface area contributed by atoms with Gasteiger partial charge < -0.3 is 9.84 Å². The Labute approximate surface area is 160 Å². The van der Waals surface area contributed by atoms with E-state index in [4.69, 9.17) is 27.7 Å². The van der Waals surface area contributed by atoms with Crippen LogP contribution >= 0.6 is 23.2 Å². The number of halogens is 2. The zero-order valence-corrected chi connectivity index (χ0v) is 16.3. The van der Waals surface area contributed by atoms with E-state index in [1.165, 1.54) is 10.9 Å². The molecule has 0 saturated carbocycles. The Balaban J connectivity index is 1.95. The van der Waals surface area contributed by atoms with Crippen LogP contribution in [0.4, 0.5) is 5.69 Å². The van der Waals surface area contributed by atoms with E-state index in [1.54, 1.807) is 12.1 Å². The maximum atomic E-state index is 12.6. The van der Waals surface area contributed by atoms with Crippen LogP contribution in [0.15, 0.2) is 33.7 Å². The average molecular weight is 393 g/mol. The normalized spacial score (nSPS) is 12.2. The Morgan fingerprint density at radius 1 is 1.23 bits per heavy atom. The topological polar surface area (TPSA) is 73.0 Å².